The van der Waals surface area contributed by atoms with Crippen LogP contribution in [0.25, 0.3) is 10.1 Å². The molecule has 0 aliphatic carbocycles. The predicted molar refractivity (Wildman–Crippen MR) is 98.2 cm³/mol. The molecule has 0 bridgehead atoms. The van der Waals surface area contributed by atoms with Crippen LogP contribution in [0.5, 0.6) is 0 Å². The summed E-state index contributed by atoms with van der Waals surface area (Å²) in [6.45, 7) is 2.49. The minimum atomic E-state index is 0.0627. The van der Waals surface area contributed by atoms with E-state index in [4.69, 9.17) is 0 Å². The Hall–Kier alpha value is -1.73. The average Bonchev–Trinajstić information content (AvgIpc) is 3.21. The van der Waals surface area contributed by atoms with Crippen LogP contribution >= 0.6 is 27.5 Å². The number of aromatic nitrogens is 3. The van der Waals surface area contributed by atoms with Crippen molar-refractivity contribution in [2.45, 2.75) is 19.4 Å². The lowest BCUT2D eigenvalue weighted by molar-refractivity contribution is 0.0678. The van der Waals surface area contributed by atoms with Gasteiger partial charge in [-0.2, -0.15) is 9.47 Å². The van der Waals surface area contributed by atoms with E-state index in [0.29, 0.717) is 11.6 Å². The van der Waals surface area contributed by atoms with Gasteiger partial charge in [-0.3, -0.25) is 9.48 Å². The second-order valence-corrected chi connectivity index (χ2v) is 7.86. The Morgan fingerprint density at radius 1 is 1.29 bits per heavy atom. The molecule has 4 rings (SSSR count). The van der Waals surface area contributed by atoms with E-state index in [2.05, 4.69) is 25.4 Å². The highest BCUT2D eigenvalue weighted by Gasteiger charge is 2.26. The standard InChI is InChI=1S/C17H17BrN4OS/c18-13-9-19-22(11-13)10-12-5-7-21(8-6-12)17(23)16-14-3-1-2-4-15(14)24-20-16/h1-4,9,11-12H,5-8,10H2. The summed E-state index contributed by atoms with van der Waals surface area (Å²) in [5, 5.41) is 5.29. The Labute approximate surface area is 152 Å². The van der Waals surface area contributed by atoms with E-state index in [-0.39, 0.29) is 5.91 Å². The average molecular weight is 405 g/mol. The lowest BCUT2D eigenvalue weighted by Gasteiger charge is -2.31. The Bertz CT molecular complexity index is 866. The maximum absolute atomic E-state index is 12.8. The Morgan fingerprint density at radius 2 is 2.08 bits per heavy atom. The SMILES string of the molecule is O=C(c1nsc2ccccc12)N1CCC(Cn2cc(Br)cn2)CC1. The molecule has 0 radical (unpaired) electrons. The molecule has 0 saturated carbocycles. The van der Waals surface area contributed by atoms with Crippen LogP contribution in [0, 0.1) is 5.92 Å². The summed E-state index contributed by atoms with van der Waals surface area (Å²) >= 11 is 4.82. The molecular weight excluding hydrogens is 388 g/mol. The fourth-order valence-electron chi connectivity index (χ4n) is 3.21. The predicted octanol–water partition coefficient (Wildman–Crippen LogP) is 3.81. The van der Waals surface area contributed by atoms with Crippen molar-refractivity contribution < 1.29 is 4.79 Å². The highest BCUT2D eigenvalue weighted by atomic mass is 79.9. The van der Waals surface area contributed by atoms with Gasteiger partial charge in [-0.15, -0.1) is 0 Å². The van der Waals surface area contributed by atoms with Gasteiger partial charge in [0, 0.05) is 31.2 Å². The van der Waals surface area contributed by atoms with E-state index in [9.17, 15) is 4.79 Å². The topological polar surface area (TPSA) is 51.0 Å². The quantitative estimate of drug-likeness (QED) is 0.666. The molecule has 1 aromatic carbocycles. The molecule has 1 aliphatic rings. The largest absolute Gasteiger partial charge is 0.337 e. The first kappa shape index (κ1) is 15.8. The number of likely N-dealkylation sites (tertiary alicyclic amines) is 1. The minimum absolute atomic E-state index is 0.0627. The number of rotatable bonds is 3. The van der Waals surface area contributed by atoms with E-state index in [1.165, 1.54) is 11.5 Å². The van der Waals surface area contributed by atoms with Gasteiger partial charge in [-0.05, 0) is 52.3 Å². The molecule has 0 unspecified atom stereocenters. The van der Waals surface area contributed by atoms with Crippen LogP contribution in [0.4, 0.5) is 0 Å². The van der Waals surface area contributed by atoms with Gasteiger partial charge in [0.15, 0.2) is 0 Å². The highest BCUT2D eigenvalue weighted by Crippen LogP contribution is 2.26. The van der Waals surface area contributed by atoms with Crippen molar-refractivity contribution >= 4 is 43.5 Å². The highest BCUT2D eigenvalue weighted by molar-refractivity contribution is 9.10. The summed E-state index contributed by atoms with van der Waals surface area (Å²) in [7, 11) is 0. The zero-order chi connectivity index (χ0) is 16.5. The second-order valence-electron chi connectivity index (χ2n) is 6.14. The van der Waals surface area contributed by atoms with Crippen molar-refractivity contribution in [1.29, 1.82) is 0 Å². The molecule has 24 heavy (non-hydrogen) atoms. The number of hydrogen-bond donors (Lipinski definition) is 0. The van der Waals surface area contributed by atoms with Gasteiger partial charge < -0.3 is 4.90 Å². The monoisotopic (exact) mass is 404 g/mol. The Kier molecular flexibility index (Phi) is 4.37. The van der Waals surface area contributed by atoms with Crippen molar-refractivity contribution in [3.63, 3.8) is 0 Å². The molecule has 5 nitrogen and oxygen atoms in total. The van der Waals surface area contributed by atoms with Crippen LogP contribution in [-0.2, 0) is 6.54 Å². The number of amides is 1. The zero-order valence-electron chi connectivity index (χ0n) is 13.1. The van der Waals surface area contributed by atoms with E-state index >= 15 is 0 Å². The maximum atomic E-state index is 12.8. The molecule has 0 spiro atoms. The van der Waals surface area contributed by atoms with E-state index in [1.54, 1.807) is 0 Å². The third kappa shape index (κ3) is 3.10. The van der Waals surface area contributed by atoms with Gasteiger partial charge in [0.25, 0.3) is 5.91 Å². The number of hydrogen-bond acceptors (Lipinski definition) is 4. The van der Waals surface area contributed by atoms with Gasteiger partial charge in [-0.1, -0.05) is 18.2 Å². The van der Waals surface area contributed by atoms with Crippen molar-refractivity contribution in [2.75, 3.05) is 13.1 Å². The molecule has 0 N–H and O–H groups in total. The summed E-state index contributed by atoms with van der Waals surface area (Å²) in [6, 6.07) is 7.93. The maximum Gasteiger partial charge on any atom is 0.274 e. The van der Waals surface area contributed by atoms with Crippen LogP contribution in [0.1, 0.15) is 23.3 Å². The molecule has 0 atom stereocenters. The molecule has 124 valence electrons. The van der Waals surface area contributed by atoms with Gasteiger partial charge in [-0.25, -0.2) is 0 Å². The smallest absolute Gasteiger partial charge is 0.274 e. The van der Waals surface area contributed by atoms with Gasteiger partial charge >= 0.3 is 0 Å². The van der Waals surface area contributed by atoms with Gasteiger partial charge in [0.2, 0.25) is 0 Å². The number of piperidine rings is 1. The lowest BCUT2D eigenvalue weighted by Crippen LogP contribution is -2.39. The minimum Gasteiger partial charge on any atom is -0.337 e. The second kappa shape index (κ2) is 6.64. The van der Waals surface area contributed by atoms with Crippen molar-refractivity contribution in [2.24, 2.45) is 5.92 Å². The first-order chi connectivity index (χ1) is 11.7. The van der Waals surface area contributed by atoms with Crippen molar-refractivity contribution in [1.82, 2.24) is 19.1 Å². The number of nitrogens with zero attached hydrogens (tertiary/aromatic N) is 4. The summed E-state index contributed by atoms with van der Waals surface area (Å²) in [6.07, 6.45) is 5.82. The molecule has 7 heteroatoms. The van der Waals surface area contributed by atoms with Crippen LogP contribution < -0.4 is 0 Å². The number of carbonyl (C=O) groups is 1. The Balaban J connectivity index is 1.41. The summed E-state index contributed by atoms with van der Waals surface area (Å²) in [4.78, 5) is 14.7. The molecule has 3 heterocycles. The first-order valence-corrected chi connectivity index (χ1v) is 9.59. The van der Waals surface area contributed by atoms with Crippen molar-refractivity contribution in [3.05, 3.63) is 46.8 Å². The van der Waals surface area contributed by atoms with E-state index in [1.807, 2.05) is 46.2 Å². The third-order valence-electron chi connectivity index (χ3n) is 4.53. The van der Waals surface area contributed by atoms with Crippen LogP contribution in [0.2, 0.25) is 0 Å². The van der Waals surface area contributed by atoms with Gasteiger partial charge in [0.1, 0.15) is 5.69 Å². The van der Waals surface area contributed by atoms with E-state index < -0.39 is 0 Å². The normalized spacial score (nSPS) is 16.0. The van der Waals surface area contributed by atoms with Crippen LogP contribution in [0.3, 0.4) is 0 Å². The number of halogens is 1. The van der Waals surface area contributed by atoms with Gasteiger partial charge in [0.05, 0.1) is 15.4 Å². The molecule has 1 aliphatic heterocycles. The first-order valence-electron chi connectivity index (χ1n) is 8.02. The summed E-state index contributed by atoms with van der Waals surface area (Å²) in [5.41, 5.74) is 0.602. The zero-order valence-corrected chi connectivity index (χ0v) is 15.5. The van der Waals surface area contributed by atoms with E-state index in [0.717, 1.165) is 47.0 Å². The number of fused-ring (bicyclic) bond motifs is 1. The van der Waals surface area contributed by atoms with Crippen LogP contribution in [-0.4, -0.2) is 38.1 Å². The summed E-state index contributed by atoms with van der Waals surface area (Å²) < 4.78 is 8.44. The molecule has 1 saturated heterocycles. The molecule has 2 aromatic heterocycles. The Morgan fingerprint density at radius 3 is 2.83 bits per heavy atom. The molecule has 1 amide bonds. The molecule has 1 fully saturated rings. The number of carbonyl (C=O) groups excluding carboxylic acids is 1. The third-order valence-corrected chi connectivity index (χ3v) is 5.76. The molecule has 3 aromatic rings. The van der Waals surface area contributed by atoms with Crippen LogP contribution in [0.15, 0.2) is 41.1 Å². The lowest BCUT2D eigenvalue weighted by atomic mass is 9.96. The van der Waals surface area contributed by atoms with Crippen molar-refractivity contribution in [3.8, 4) is 0 Å². The fourth-order valence-corrected chi connectivity index (χ4v) is 4.31. The summed E-state index contributed by atoms with van der Waals surface area (Å²) in [5.74, 6) is 0.626. The fraction of sp³-hybridized carbons (Fsp3) is 0.353. The number of benzene rings is 1. The molecular formula is C17H17BrN4OS.